The van der Waals surface area contributed by atoms with Crippen LogP contribution in [0.1, 0.15) is 13.3 Å². The average Bonchev–Trinajstić information content (AvgIpc) is 2.57. The summed E-state index contributed by atoms with van der Waals surface area (Å²) >= 11 is 0. The zero-order chi connectivity index (χ0) is 17.7. The second-order valence-electron chi connectivity index (χ2n) is 5.57. The minimum Gasteiger partial charge on any atom is -0.319 e. The Morgan fingerprint density at radius 2 is 2.33 bits per heavy atom. The number of fused-ring (bicyclic) bond motifs is 1. The number of hydroxylamine groups is 1. The number of nitrogens with one attached hydrogen (secondary N) is 2. The summed E-state index contributed by atoms with van der Waals surface area (Å²) in [5.74, 6) is -0.194. The molecule has 1 amide bonds. The van der Waals surface area contributed by atoms with Gasteiger partial charge in [-0.1, -0.05) is 18.7 Å². The standard InChI is InChI=1S/C16H23N3O4S/c1-4-6-12(7-10-18-24(21,22)5-2)14-11-19(3)16(20)15-13(14)8-9-17-23-15/h4,6-7,10-11,13,15,17-18H,1,5,8-9H2,2-3H3/b10-7+,12-6?. The van der Waals surface area contributed by atoms with Gasteiger partial charge < -0.3 is 4.90 Å². The van der Waals surface area contributed by atoms with E-state index in [0.29, 0.717) is 6.54 Å². The van der Waals surface area contributed by atoms with Crippen LogP contribution in [0.2, 0.25) is 0 Å². The van der Waals surface area contributed by atoms with E-state index in [1.165, 1.54) is 11.1 Å². The first-order valence-electron chi connectivity index (χ1n) is 7.76. The minimum atomic E-state index is -3.31. The zero-order valence-corrected chi connectivity index (χ0v) is 14.7. The van der Waals surface area contributed by atoms with Gasteiger partial charge in [-0.3, -0.25) is 14.4 Å². The third kappa shape index (κ3) is 4.14. The van der Waals surface area contributed by atoms with Crippen molar-refractivity contribution >= 4 is 15.9 Å². The monoisotopic (exact) mass is 353 g/mol. The molecule has 0 radical (unpaired) electrons. The van der Waals surface area contributed by atoms with Crippen LogP contribution in [0, 0.1) is 5.92 Å². The largest absolute Gasteiger partial charge is 0.319 e. The Labute approximate surface area is 142 Å². The molecule has 2 atom stereocenters. The lowest BCUT2D eigenvalue weighted by Gasteiger charge is -2.38. The molecule has 2 N–H and O–H groups in total. The molecule has 0 aromatic heterocycles. The highest BCUT2D eigenvalue weighted by Gasteiger charge is 2.40. The topological polar surface area (TPSA) is 87.7 Å². The Balaban J connectivity index is 2.30. The molecule has 2 rings (SSSR count). The molecule has 7 nitrogen and oxygen atoms in total. The maximum Gasteiger partial charge on any atom is 0.258 e. The predicted octanol–water partition coefficient (Wildman–Crippen LogP) is 0.817. The van der Waals surface area contributed by atoms with Gasteiger partial charge in [-0.25, -0.2) is 13.9 Å². The molecule has 0 aromatic carbocycles. The molecule has 1 fully saturated rings. The molecule has 132 valence electrons. The molecule has 0 aliphatic carbocycles. The summed E-state index contributed by atoms with van der Waals surface area (Å²) in [6.07, 6.45) is 8.41. The maximum absolute atomic E-state index is 12.2. The van der Waals surface area contributed by atoms with Gasteiger partial charge in [-0.15, -0.1) is 0 Å². The van der Waals surface area contributed by atoms with E-state index in [2.05, 4.69) is 16.8 Å². The van der Waals surface area contributed by atoms with E-state index in [0.717, 1.165) is 17.6 Å². The second kappa shape index (κ2) is 7.78. The molecule has 2 heterocycles. The number of rotatable bonds is 6. The van der Waals surface area contributed by atoms with Gasteiger partial charge in [-0.2, -0.15) is 0 Å². The van der Waals surface area contributed by atoms with E-state index in [-0.39, 0.29) is 17.6 Å². The van der Waals surface area contributed by atoms with Crippen molar-refractivity contribution in [2.75, 3.05) is 19.3 Å². The number of hydrogen-bond donors (Lipinski definition) is 2. The molecule has 0 aromatic rings. The van der Waals surface area contributed by atoms with Crippen LogP contribution in [-0.2, 0) is 19.7 Å². The predicted molar refractivity (Wildman–Crippen MR) is 91.9 cm³/mol. The van der Waals surface area contributed by atoms with Gasteiger partial charge in [0.1, 0.15) is 0 Å². The van der Waals surface area contributed by atoms with Gasteiger partial charge in [0.2, 0.25) is 10.0 Å². The molecule has 0 saturated carbocycles. The quantitative estimate of drug-likeness (QED) is 0.690. The van der Waals surface area contributed by atoms with E-state index in [4.69, 9.17) is 4.84 Å². The van der Waals surface area contributed by atoms with Gasteiger partial charge in [0, 0.05) is 31.9 Å². The molecular weight excluding hydrogens is 330 g/mol. The van der Waals surface area contributed by atoms with E-state index in [9.17, 15) is 13.2 Å². The summed E-state index contributed by atoms with van der Waals surface area (Å²) in [5.41, 5.74) is 4.47. The van der Waals surface area contributed by atoms with Crippen LogP contribution in [0.25, 0.3) is 0 Å². The molecule has 2 unspecified atom stereocenters. The van der Waals surface area contributed by atoms with Crippen LogP contribution >= 0.6 is 0 Å². The van der Waals surface area contributed by atoms with Crippen molar-refractivity contribution in [2.45, 2.75) is 19.4 Å². The van der Waals surface area contributed by atoms with Crippen molar-refractivity contribution in [2.24, 2.45) is 5.92 Å². The van der Waals surface area contributed by atoms with Crippen molar-refractivity contribution in [3.05, 3.63) is 48.4 Å². The van der Waals surface area contributed by atoms with E-state index < -0.39 is 16.1 Å². The number of allylic oxidation sites excluding steroid dienone is 4. The van der Waals surface area contributed by atoms with E-state index in [1.54, 1.807) is 38.4 Å². The highest BCUT2D eigenvalue weighted by atomic mass is 32.2. The SMILES string of the molecule is C=CC=C(/C=C/NS(=O)(=O)CC)C1=CN(C)C(=O)C2ONCCC12. The van der Waals surface area contributed by atoms with Crippen LogP contribution in [0.3, 0.4) is 0 Å². The van der Waals surface area contributed by atoms with Gasteiger partial charge in [0.15, 0.2) is 6.10 Å². The van der Waals surface area contributed by atoms with E-state index >= 15 is 0 Å². The minimum absolute atomic E-state index is 0.00197. The highest BCUT2D eigenvalue weighted by Crippen LogP contribution is 2.34. The first kappa shape index (κ1) is 18.4. The molecule has 1 saturated heterocycles. The Kier molecular flexibility index (Phi) is 5.98. The Hall–Kier alpha value is -1.90. The van der Waals surface area contributed by atoms with E-state index in [1.807, 2.05) is 0 Å². The summed E-state index contributed by atoms with van der Waals surface area (Å²) in [6, 6.07) is 0. The summed E-state index contributed by atoms with van der Waals surface area (Å²) in [6.45, 7) is 5.92. The van der Waals surface area contributed by atoms with Gasteiger partial charge in [0.25, 0.3) is 5.91 Å². The van der Waals surface area contributed by atoms with Crippen LogP contribution in [0.4, 0.5) is 0 Å². The summed E-state index contributed by atoms with van der Waals surface area (Å²) < 4.78 is 25.5. The smallest absolute Gasteiger partial charge is 0.258 e. The molecule has 2 aliphatic heterocycles. The Morgan fingerprint density at radius 1 is 1.58 bits per heavy atom. The lowest BCUT2D eigenvalue weighted by atomic mass is 9.82. The highest BCUT2D eigenvalue weighted by molar-refractivity contribution is 7.89. The fraction of sp³-hybridized carbons (Fsp3) is 0.438. The van der Waals surface area contributed by atoms with Gasteiger partial charge in [-0.05, 0) is 30.6 Å². The number of amides is 1. The van der Waals surface area contributed by atoms with Crippen molar-refractivity contribution in [1.29, 1.82) is 0 Å². The fourth-order valence-corrected chi connectivity index (χ4v) is 3.12. The maximum atomic E-state index is 12.2. The van der Waals surface area contributed by atoms with Crippen LogP contribution in [-0.4, -0.2) is 44.7 Å². The second-order valence-corrected chi connectivity index (χ2v) is 7.62. The lowest BCUT2D eigenvalue weighted by molar-refractivity contribution is -0.157. The van der Waals surface area contributed by atoms with Gasteiger partial charge in [0.05, 0.1) is 5.75 Å². The number of sulfonamides is 1. The number of hydrogen-bond acceptors (Lipinski definition) is 5. The van der Waals surface area contributed by atoms with Crippen LogP contribution < -0.4 is 10.2 Å². The van der Waals surface area contributed by atoms with Crippen LogP contribution in [0.15, 0.2) is 48.4 Å². The van der Waals surface area contributed by atoms with Crippen molar-refractivity contribution in [3.63, 3.8) is 0 Å². The number of nitrogens with zero attached hydrogens (tertiary/aromatic N) is 1. The number of carbonyl (C=O) groups excluding carboxylic acids is 1. The first-order chi connectivity index (χ1) is 11.4. The Morgan fingerprint density at radius 3 is 3.00 bits per heavy atom. The summed E-state index contributed by atoms with van der Waals surface area (Å²) in [5, 5.41) is 0. The lowest BCUT2D eigenvalue weighted by Crippen LogP contribution is -2.51. The third-order valence-electron chi connectivity index (χ3n) is 3.98. The first-order valence-corrected chi connectivity index (χ1v) is 9.41. The molecule has 8 heteroatoms. The Bertz CT molecular complexity index is 694. The molecule has 24 heavy (non-hydrogen) atoms. The third-order valence-corrected chi connectivity index (χ3v) is 5.23. The normalized spacial score (nSPS) is 25.4. The average molecular weight is 353 g/mol. The molecule has 2 aliphatic rings. The zero-order valence-electron chi connectivity index (χ0n) is 13.9. The van der Waals surface area contributed by atoms with Crippen molar-refractivity contribution in [3.8, 4) is 0 Å². The number of likely N-dealkylation sites (N-methyl/N-ethyl adjacent to an activating group) is 1. The summed E-state index contributed by atoms with van der Waals surface area (Å²) in [4.78, 5) is 19.2. The van der Waals surface area contributed by atoms with Gasteiger partial charge >= 0.3 is 0 Å². The molecule has 0 spiro atoms. The number of carbonyl (C=O) groups is 1. The molecular formula is C16H23N3O4S. The van der Waals surface area contributed by atoms with Crippen LogP contribution in [0.5, 0.6) is 0 Å². The van der Waals surface area contributed by atoms with Crippen molar-refractivity contribution in [1.82, 2.24) is 15.1 Å². The van der Waals surface area contributed by atoms with Crippen molar-refractivity contribution < 1.29 is 18.0 Å². The molecule has 0 bridgehead atoms. The fourth-order valence-electron chi connectivity index (χ4n) is 2.68. The summed E-state index contributed by atoms with van der Waals surface area (Å²) in [7, 11) is -1.64.